The van der Waals surface area contributed by atoms with E-state index in [4.69, 9.17) is 11.5 Å². The van der Waals surface area contributed by atoms with Crippen LogP contribution in [-0.2, 0) is 6.18 Å². The van der Waals surface area contributed by atoms with E-state index >= 15 is 0 Å². The molecule has 4 nitrogen and oxygen atoms in total. The number of carbonyl (C=O) groups excluding carboxylic acids is 1. The molecule has 0 radical (unpaired) electrons. The van der Waals surface area contributed by atoms with Crippen molar-refractivity contribution in [3.8, 4) is 0 Å². The molecule has 1 aromatic rings. The second-order valence-corrected chi connectivity index (χ2v) is 4.31. The monoisotopic (exact) mass is 357 g/mol. The Morgan fingerprint density at radius 3 is 2.29 bits per heavy atom. The largest absolute Gasteiger partial charge is 0.416 e. The van der Waals surface area contributed by atoms with Crippen molar-refractivity contribution in [3.63, 3.8) is 0 Å². The van der Waals surface area contributed by atoms with Crippen molar-refractivity contribution in [2.75, 3.05) is 0 Å². The average Bonchev–Trinajstić information content (AvgIpc) is 2.14. The highest BCUT2D eigenvalue weighted by atomic mass is 127. The summed E-state index contributed by atoms with van der Waals surface area (Å²) in [6.45, 7) is 0. The molecule has 8 heteroatoms. The lowest BCUT2D eigenvalue weighted by Crippen LogP contribution is -2.24. The zero-order chi connectivity index (χ0) is 13.2. The topological polar surface area (TPSA) is 81.5 Å². The van der Waals surface area contributed by atoms with Gasteiger partial charge < -0.3 is 11.5 Å². The van der Waals surface area contributed by atoms with Crippen molar-refractivity contribution >= 4 is 34.5 Å². The number of aliphatic imine (C=N–C) groups is 1. The number of nitrogens with two attached hydrogens (primary N) is 2. The Morgan fingerprint density at radius 2 is 1.82 bits per heavy atom. The lowest BCUT2D eigenvalue weighted by Gasteiger charge is -2.08. The Kier molecular flexibility index (Phi) is 3.96. The van der Waals surface area contributed by atoms with Crippen LogP contribution in [0.3, 0.4) is 0 Å². The van der Waals surface area contributed by atoms with Gasteiger partial charge in [0.1, 0.15) is 0 Å². The molecule has 0 aliphatic carbocycles. The van der Waals surface area contributed by atoms with Crippen LogP contribution in [0.2, 0.25) is 0 Å². The molecule has 0 aliphatic heterocycles. The number of benzene rings is 1. The second-order valence-electron chi connectivity index (χ2n) is 3.07. The summed E-state index contributed by atoms with van der Waals surface area (Å²) in [5.74, 6) is -1.41. The summed E-state index contributed by atoms with van der Waals surface area (Å²) in [6, 6.07) is 2.90. The minimum Gasteiger partial charge on any atom is -0.370 e. The predicted molar refractivity (Wildman–Crippen MR) is 64.3 cm³/mol. The SMILES string of the molecule is NC(N)=NC(=O)c1cc(I)cc(C(F)(F)F)c1. The van der Waals surface area contributed by atoms with Crippen molar-refractivity contribution in [2.24, 2.45) is 16.5 Å². The molecule has 0 spiro atoms. The summed E-state index contributed by atoms with van der Waals surface area (Å²) in [5, 5.41) is 0. The van der Waals surface area contributed by atoms with Crippen LogP contribution in [0.5, 0.6) is 0 Å². The standard InChI is InChI=1S/C9H7F3IN3O/c10-9(11,12)5-1-4(2-6(13)3-5)7(17)16-8(14)15/h1-3H,(H4,14,15,16,17). The summed E-state index contributed by atoms with van der Waals surface area (Å²) < 4.78 is 37.7. The third-order valence-corrected chi connectivity index (χ3v) is 2.33. The van der Waals surface area contributed by atoms with Gasteiger partial charge in [0.15, 0.2) is 5.96 Å². The van der Waals surface area contributed by atoms with Crippen LogP contribution in [0.4, 0.5) is 13.2 Å². The Morgan fingerprint density at radius 1 is 1.24 bits per heavy atom. The van der Waals surface area contributed by atoms with E-state index in [2.05, 4.69) is 4.99 Å². The first-order valence-corrected chi connectivity index (χ1v) is 5.30. The molecule has 1 aromatic carbocycles. The van der Waals surface area contributed by atoms with Gasteiger partial charge in [0.25, 0.3) is 5.91 Å². The summed E-state index contributed by atoms with van der Waals surface area (Å²) in [6.07, 6.45) is -4.52. The molecule has 92 valence electrons. The van der Waals surface area contributed by atoms with Crippen LogP contribution in [0, 0.1) is 3.57 Å². The Balaban J connectivity index is 3.24. The van der Waals surface area contributed by atoms with E-state index in [0.29, 0.717) is 6.07 Å². The molecule has 0 aliphatic rings. The predicted octanol–water partition coefficient (Wildman–Crippen LogP) is 1.72. The number of alkyl halides is 3. The molecular formula is C9H7F3IN3O. The smallest absolute Gasteiger partial charge is 0.370 e. The van der Waals surface area contributed by atoms with Gasteiger partial charge in [-0.15, -0.1) is 0 Å². The van der Waals surface area contributed by atoms with Crippen LogP contribution >= 0.6 is 22.6 Å². The maximum absolute atomic E-state index is 12.5. The quantitative estimate of drug-likeness (QED) is 0.456. The average molecular weight is 357 g/mol. The van der Waals surface area contributed by atoms with Gasteiger partial charge >= 0.3 is 6.18 Å². The van der Waals surface area contributed by atoms with Gasteiger partial charge in [0.05, 0.1) is 5.56 Å². The molecular weight excluding hydrogens is 350 g/mol. The van der Waals surface area contributed by atoms with Gasteiger partial charge in [-0.25, -0.2) is 0 Å². The summed E-state index contributed by atoms with van der Waals surface area (Å²) >= 11 is 1.67. The molecule has 4 N–H and O–H groups in total. The third-order valence-electron chi connectivity index (χ3n) is 1.70. The minimum absolute atomic E-state index is 0.211. The second kappa shape index (κ2) is 4.90. The zero-order valence-electron chi connectivity index (χ0n) is 8.25. The molecule has 17 heavy (non-hydrogen) atoms. The van der Waals surface area contributed by atoms with Gasteiger partial charge in [-0.1, -0.05) is 0 Å². The molecule has 0 saturated carbocycles. The van der Waals surface area contributed by atoms with E-state index in [1.54, 1.807) is 22.6 Å². The van der Waals surface area contributed by atoms with E-state index in [1.165, 1.54) is 6.07 Å². The van der Waals surface area contributed by atoms with E-state index < -0.39 is 23.6 Å². The molecule has 1 amide bonds. The Bertz CT molecular complexity index is 481. The van der Waals surface area contributed by atoms with Crippen LogP contribution in [0.15, 0.2) is 23.2 Å². The van der Waals surface area contributed by atoms with Crippen molar-refractivity contribution in [2.45, 2.75) is 6.18 Å². The number of amides is 1. The van der Waals surface area contributed by atoms with E-state index in [0.717, 1.165) is 6.07 Å². The van der Waals surface area contributed by atoms with Gasteiger partial charge in [-0.05, 0) is 40.8 Å². The normalized spacial score (nSPS) is 11.1. The number of rotatable bonds is 1. The Hall–Kier alpha value is -1.32. The number of hydrogen-bond acceptors (Lipinski definition) is 1. The van der Waals surface area contributed by atoms with E-state index in [-0.39, 0.29) is 9.13 Å². The number of carbonyl (C=O) groups is 1. The fraction of sp³-hybridized carbons (Fsp3) is 0.111. The Labute approximate surface area is 108 Å². The minimum atomic E-state index is -4.52. The van der Waals surface area contributed by atoms with Gasteiger partial charge in [-0.3, -0.25) is 4.79 Å². The van der Waals surface area contributed by atoms with Crippen LogP contribution in [0.1, 0.15) is 15.9 Å². The first-order valence-electron chi connectivity index (χ1n) is 4.22. The molecule has 1 rings (SSSR count). The summed E-state index contributed by atoms with van der Waals surface area (Å²) in [5.41, 5.74) is 8.82. The lowest BCUT2D eigenvalue weighted by molar-refractivity contribution is -0.137. The van der Waals surface area contributed by atoms with E-state index in [1.807, 2.05) is 0 Å². The summed E-state index contributed by atoms with van der Waals surface area (Å²) in [4.78, 5) is 14.5. The molecule has 0 fully saturated rings. The first-order chi connectivity index (χ1) is 7.70. The number of nitrogens with zero attached hydrogens (tertiary/aromatic N) is 1. The van der Waals surface area contributed by atoms with Gasteiger partial charge in [-0.2, -0.15) is 18.2 Å². The maximum Gasteiger partial charge on any atom is 0.416 e. The molecule has 0 aromatic heterocycles. The molecule has 0 saturated heterocycles. The van der Waals surface area contributed by atoms with Crippen molar-refractivity contribution in [1.29, 1.82) is 0 Å². The van der Waals surface area contributed by atoms with Crippen molar-refractivity contribution in [1.82, 2.24) is 0 Å². The van der Waals surface area contributed by atoms with Crippen molar-refractivity contribution < 1.29 is 18.0 Å². The maximum atomic E-state index is 12.5. The molecule has 0 bridgehead atoms. The summed E-state index contributed by atoms with van der Waals surface area (Å²) in [7, 11) is 0. The number of hydrogen-bond donors (Lipinski definition) is 2. The van der Waals surface area contributed by atoms with Gasteiger partial charge in [0, 0.05) is 9.13 Å². The van der Waals surface area contributed by atoms with Crippen LogP contribution < -0.4 is 11.5 Å². The third kappa shape index (κ3) is 3.88. The zero-order valence-corrected chi connectivity index (χ0v) is 10.4. The van der Waals surface area contributed by atoms with E-state index in [9.17, 15) is 18.0 Å². The fourth-order valence-corrected chi connectivity index (χ4v) is 1.73. The van der Waals surface area contributed by atoms with Crippen LogP contribution in [0.25, 0.3) is 0 Å². The fourth-order valence-electron chi connectivity index (χ4n) is 1.06. The molecule has 0 heterocycles. The van der Waals surface area contributed by atoms with Gasteiger partial charge in [0.2, 0.25) is 0 Å². The molecule has 0 atom stereocenters. The highest BCUT2D eigenvalue weighted by molar-refractivity contribution is 14.1. The highest BCUT2D eigenvalue weighted by Crippen LogP contribution is 2.31. The highest BCUT2D eigenvalue weighted by Gasteiger charge is 2.31. The van der Waals surface area contributed by atoms with Crippen LogP contribution in [-0.4, -0.2) is 11.9 Å². The lowest BCUT2D eigenvalue weighted by atomic mass is 10.1. The number of guanidine groups is 1. The van der Waals surface area contributed by atoms with Crippen molar-refractivity contribution in [3.05, 3.63) is 32.9 Å². The molecule has 0 unspecified atom stereocenters. The first kappa shape index (κ1) is 13.7. The number of halogens is 4.